The molecule has 3 rings (SSSR count). The van der Waals surface area contributed by atoms with Crippen LogP contribution in [0.4, 0.5) is 0 Å². The first-order valence-electron chi connectivity index (χ1n) is 5.75. The van der Waals surface area contributed by atoms with Gasteiger partial charge in [-0.05, 0) is 23.9 Å². The first kappa shape index (κ1) is 11.6. The van der Waals surface area contributed by atoms with Gasteiger partial charge in [-0.3, -0.25) is 9.78 Å². The van der Waals surface area contributed by atoms with E-state index in [-0.39, 0.29) is 11.9 Å². The molecule has 1 saturated heterocycles. The summed E-state index contributed by atoms with van der Waals surface area (Å²) in [5, 5.41) is 2.06. The van der Waals surface area contributed by atoms with Gasteiger partial charge in [-0.15, -0.1) is 22.7 Å². The monoisotopic (exact) mass is 276 g/mol. The van der Waals surface area contributed by atoms with Gasteiger partial charge in [0.25, 0.3) is 0 Å². The molecule has 1 aliphatic heterocycles. The van der Waals surface area contributed by atoms with Gasteiger partial charge in [0.1, 0.15) is 0 Å². The van der Waals surface area contributed by atoms with Crippen molar-refractivity contribution in [2.45, 2.75) is 12.5 Å². The number of hydrogen-bond acceptors (Lipinski definition) is 4. The highest BCUT2D eigenvalue weighted by molar-refractivity contribution is 7.10. The van der Waals surface area contributed by atoms with Crippen LogP contribution >= 0.6 is 22.7 Å². The molecule has 3 nitrogen and oxygen atoms in total. The zero-order chi connectivity index (χ0) is 12.4. The van der Waals surface area contributed by atoms with E-state index in [1.165, 1.54) is 16.2 Å². The van der Waals surface area contributed by atoms with E-state index in [0.717, 1.165) is 17.8 Å². The lowest BCUT2D eigenvalue weighted by molar-refractivity contribution is -0.133. The van der Waals surface area contributed by atoms with E-state index in [1.807, 2.05) is 17.0 Å². The number of amides is 1. The predicted octanol–water partition coefficient (Wildman–Crippen LogP) is 3.19. The Morgan fingerprint density at radius 1 is 1.50 bits per heavy atom. The van der Waals surface area contributed by atoms with Gasteiger partial charge in [0, 0.05) is 28.6 Å². The number of hydrogen-bond donors (Lipinski definition) is 0. The van der Waals surface area contributed by atoms with E-state index in [0.29, 0.717) is 0 Å². The third-order valence-electron chi connectivity index (χ3n) is 3.02. The Bertz CT molecular complexity index is 546. The predicted molar refractivity (Wildman–Crippen MR) is 74.5 cm³/mol. The van der Waals surface area contributed by atoms with Gasteiger partial charge >= 0.3 is 0 Å². The molecule has 18 heavy (non-hydrogen) atoms. The molecule has 2 aromatic heterocycles. The van der Waals surface area contributed by atoms with Crippen LogP contribution in [0.1, 0.15) is 22.2 Å². The van der Waals surface area contributed by atoms with Crippen molar-refractivity contribution in [1.82, 2.24) is 9.88 Å². The number of thiophene rings is 1. The van der Waals surface area contributed by atoms with E-state index < -0.39 is 0 Å². The maximum atomic E-state index is 12.1. The average molecular weight is 276 g/mol. The first-order chi connectivity index (χ1) is 8.84. The van der Waals surface area contributed by atoms with Gasteiger partial charge in [-0.25, -0.2) is 0 Å². The van der Waals surface area contributed by atoms with Gasteiger partial charge < -0.3 is 4.90 Å². The molecule has 1 amide bonds. The molecule has 0 radical (unpaired) electrons. The molecule has 92 valence electrons. The van der Waals surface area contributed by atoms with Crippen molar-refractivity contribution in [2.75, 3.05) is 6.54 Å². The molecule has 0 bridgehead atoms. The second-order valence-electron chi connectivity index (χ2n) is 4.09. The Kier molecular flexibility index (Phi) is 3.25. The lowest BCUT2D eigenvalue weighted by Crippen LogP contribution is -2.43. The van der Waals surface area contributed by atoms with Crippen LogP contribution in [-0.4, -0.2) is 22.3 Å². The number of thiazole rings is 1. The maximum Gasteiger partial charge on any atom is 0.247 e. The molecule has 0 aliphatic carbocycles. The molecular weight excluding hydrogens is 264 g/mol. The number of aromatic nitrogens is 1. The van der Waals surface area contributed by atoms with Crippen molar-refractivity contribution in [3.63, 3.8) is 0 Å². The van der Waals surface area contributed by atoms with Crippen molar-refractivity contribution in [3.8, 4) is 0 Å². The molecule has 0 spiro atoms. The summed E-state index contributed by atoms with van der Waals surface area (Å²) >= 11 is 3.25. The molecule has 0 N–H and O–H groups in total. The molecular formula is C13H12N2OS2. The van der Waals surface area contributed by atoms with Crippen LogP contribution in [0.2, 0.25) is 0 Å². The second kappa shape index (κ2) is 5.04. The normalized spacial score (nSPS) is 19.1. The number of carbonyl (C=O) groups excluding carboxylic acids is 1. The fourth-order valence-electron chi connectivity index (χ4n) is 1.98. The van der Waals surface area contributed by atoms with Crippen molar-refractivity contribution in [1.29, 1.82) is 0 Å². The molecule has 1 aliphatic rings. The number of likely N-dealkylation sites (tertiary alicyclic amines) is 1. The SMILES string of the molecule is O=C(/C=C/c1cncs1)N1CCC1c1cccs1. The Hall–Kier alpha value is -1.46. The van der Waals surface area contributed by atoms with Crippen LogP contribution in [0.25, 0.3) is 6.08 Å². The fourth-order valence-corrected chi connectivity index (χ4v) is 3.37. The van der Waals surface area contributed by atoms with Crippen molar-refractivity contribution in [2.24, 2.45) is 0 Å². The van der Waals surface area contributed by atoms with Crippen LogP contribution in [0.3, 0.4) is 0 Å². The second-order valence-corrected chi connectivity index (χ2v) is 5.99. The summed E-state index contributed by atoms with van der Waals surface area (Å²) in [5.74, 6) is 0.0908. The Balaban J connectivity index is 1.67. The number of carbonyl (C=O) groups is 1. The third-order valence-corrected chi connectivity index (χ3v) is 4.73. The van der Waals surface area contributed by atoms with Gasteiger partial charge in [0.05, 0.1) is 11.6 Å². The molecule has 1 fully saturated rings. The first-order valence-corrected chi connectivity index (χ1v) is 7.51. The van der Waals surface area contributed by atoms with Gasteiger partial charge in [-0.2, -0.15) is 0 Å². The highest BCUT2D eigenvalue weighted by Crippen LogP contribution is 2.35. The summed E-state index contributed by atoms with van der Waals surface area (Å²) in [5.41, 5.74) is 1.77. The highest BCUT2D eigenvalue weighted by atomic mass is 32.1. The molecule has 0 aromatic carbocycles. The summed E-state index contributed by atoms with van der Waals surface area (Å²) < 4.78 is 0. The van der Waals surface area contributed by atoms with Crippen LogP contribution in [0.5, 0.6) is 0 Å². The molecule has 2 aromatic rings. The summed E-state index contributed by atoms with van der Waals surface area (Å²) in [6, 6.07) is 4.42. The third kappa shape index (κ3) is 2.23. The zero-order valence-corrected chi connectivity index (χ0v) is 11.3. The van der Waals surface area contributed by atoms with E-state index in [2.05, 4.69) is 16.4 Å². The van der Waals surface area contributed by atoms with Crippen molar-refractivity contribution in [3.05, 3.63) is 45.1 Å². The topological polar surface area (TPSA) is 33.2 Å². The lowest BCUT2D eigenvalue weighted by Gasteiger charge is -2.39. The van der Waals surface area contributed by atoms with Crippen LogP contribution in [0, 0.1) is 0 Å². The quantitative estimate of drug-likeness (QED) is 0.807. The van der Waals surface area contributed by atoms with E-state index in [1.54, 1.807) is 29.1 Å². The Morgan fingerprint density at radius 3 is 3.06 bits per heavy atom. The maximum absolute atomic E-state index is 12.1. The van der Waals surface area contributed by atoms with Crippen LogP contribution in [0.15, 0.2) is 35.3 Å². The van der Waals surface area contributed by atoms with Crippen LogP contribution in [-0.2, 0) is 4.79 Å². The summed E-state index contributed by atoms with van der Waals surface area (Å²) in [6.07, 6.45) is 6.32. The van der Waals surface area contributed by atoms with Gasteiger partial charge in [0.15, 0.2) is 0 Å². The van der Waals surface area contributed by atoms with Gasteiger partial charge in [-0.1, -0.05) is 6.07 Å². The average Bonchev–Trinajstić information content (AvgIpc) is 2.97. The minimum Gasteiger partial charge on any atom is -0.331 e. The Morgan fingerprint density at radius 2 is 2.44 bits per heavy atom. The van der Waals surface area contributed by atoms with Crippen molar-refractivity contribution >= 4 is 34.7 Å². The standard InChI is InChI=1S/C13H12N2OS2/c16-13(4-3-10-8-14-9-18-10)15-6-5-11(15)12-2-1-7-17-12/h1-4,7-9,11H,5-6H2/b4-3+. The smallest absolute Gasteiger partial charge is 0.247 e. The molecule has 3 heterocycles. The molecule has 5 heteroatoms. The van der Waals surface area contributed by atoms with Crippen molar-refractivity contribution < 1.29 is 4.79 Å². The summed E-state index contributed by atoms with van der Waals surface area (Å²) in [6.45, 7) is 0.856. The van der Waals surface area contributed by atoms with E-state index in [4.69, 9.17) is 0 Å². The number of rotatable bonds is 3. The zero-order valence-electron chi connectivity index (χ0n) is 9.65. The van der Waals surface area contributed by atoms with Gasteiger partial charge in [0.2, 0.25) is 5.91 Å². The minimum absolute atomic E-state index is 0.0908. The lowest BCUT2D eigenvalue weighted by atomic mass is 10.0. The van der Waals surface area contributed by atoms with E-state index >= 15 is 0 Å². The molecule has 1 atom stereocenters. The highest BCUT2D eigenvalue weighted by Gasteiger charge is 2.32. The fraction of sp³-hybridized carbons (Fsp3) is 0.231. The molecule has 1 unspecified atom stereocenters. The molecule has 0 saturated carbocycles. The van der Waals surface area contributed by atoms with E-state index in [9.17, 15) is 4.79 Å². The summed E-state index contributed by atoms with van der Waals surface area (Å²) in [7, 11) is 0. The largest absolute Gasteiger partial charge is 0.331 e. The number of nitrogens with zero attached hydrogens (tertiary/aromatic N) is 2. The summed E-state index contributed by atoms with van der Waals surface area (Å²) in [4.78, 5) is 20.2. The Labute approximate surface area is 113 Å². The minimum atomic E-state index is 0.0908. The van der Waals surface area contributed by atoms with Crippen LogP contribution < -0.4 is 0 Å².